The highest BCUT2D eigenvalue weighted by molar-refractivity contribution is 7.71. The molecule has 0 aliphatic heterocycles. The molecule has 0 fully saturated rings. The van der Waals surface area contributed by atoms with E-state index in [-0.39, 0.29) is 10.5 Å². The third kappa shape index (κ3) is 2.59. The van der Waals surface area contributed by atoms with Crippen LogP contribution in [0.1, 0.15) is 0 Å². The Morgan fingerprint density at radius 2 is 1.95 bits per heavy atom. The van der Waals surface area contributed by atoms with Crippen LogP contribution in [0.2, 0.25) is 5.02 Å². The van der Waals surface area contributed by atoms with Gasteiger partial charge in [0.2, 0.25) is 0 Å². The maximum Gasteiger partial charge on any atom is 0.200 e. The summed E-state index contributed by atoms with van der Waals surface area (Å²) >= 11 is 11.1. The Bertz CT molecular complexity index is 873. The van der Waals surface area contributed by atoms with E-state index in [0.29, 0.717) is 16.4 Å². The highest BCUT2D eigenvalue weighted by Gasteiger charge is 2.15. The predicted molar refractivity (Wildman–Crippen MR) is 79.1 cm³/mol. The lowest BCUT2D eigenvalue weighted by Crippen LogP contribution is -2.01. The van der Waals surface area contributed by atoms with Gasteiger partial charge in [-0.2, -0.15) is 5.10 Å². The van der Waals surface area contributed by atoms with Gasteiger partial charge >= 0.3 is 0 Å². The summed E-state index contributed by atoms with van der Waals surface area (Å²) in [7, 11) is 0. The zero-order valence-electron chi connectivity index (χ0n) is 10.5. The van der Waals surface area contributed by atoms with Gasteiger partial charge in [-0.3, -0.25) is 9.67 Å². The van der Waals surface area contributed by atoms with Crippen molar-refractivity contribution in [2.75, 3.05) is 0 Å². The fourth-order valence-corrected chi connectivity index (χ4v) is 2.42. The maximum absolute atomic E-state index is 14.0. The predicted octanol–water partition coefficient (Wildman–Crippen LogP) is 4.53. The second kappa shape index (κ2) is 5.38. The lowest BCUT2D eigenvalue weighted by Gasteiger charge is -2.08. The quantitative estimate of drug-likeness (QED) is 0.703. The smallest absolute Gasteiger partial charge is 0.200 e. The fraction of sp³-hybridized carbons (Fsp3) is 0. The van der Waals surface area contributed by atoms with Crippen molar-refractivity contribution in [3.05, 3.63) is 63.9 Å². The lowest BCUT2D eigenvalue weighted by atomic mass is 10.2. The van der Waals surface area contributed by atoms with E-state index in [1.54, 1.807) is 24.3 Å². The summed E-state index contributed by atoms with van der Waals surface area (Å²) in [6.07, 6.45) is 0. The highest BCUT2D eigenvalue weighted by Crippen LogP contribution is 2.25. The molecule has 1 N–H and O–H groups in total. The molecule has 0 unspecified atom stereocenters. The van der Waals surface area contributed by atoms with Crippen molar-refractivity contribution in [2.45, 2.75) is 0 Å². The Hall–Kier alpha value is -2.05. The highest BCUT2D eigenvalue weighted by atomic mass is 35.5. The molecule has 0 spiro atoms. The molecule has 2 aromatic carbocycles. The van der Waals surface area contributed by atoms with Crippen molar-refractivity contribution in [1.29, 1.82) is 0 Å². The Morgan fingerprint density at radius 1 is 1.14 bits per heavy atom. The Labute approximate surface area is 128 Å². The van der Waals surface area contributed by atoms with E-state index in [9.17, 15) is 8.78 Å². The second-order valence-electron chi connectivity index (χ2n) is 4.29. The van der Waals surface area contributed by atoms with E-state index in [0.717, 1.165) is 18.2 Å². The second-order valence-corrected chi connectivity index (χ2v) is 5.12. The first-order chi connectivity index (χ1) is 10.1. The van der Waals surface area contributed by atoms with Gasteiger partial charge in [-0.1, -0.05) is 23.7 Å². The minimum atomic E-state index is -0.600. The van der Waals surface area contributed by atoms with Crippen LogP contribution in [0.3, 0.4) is 0 Å². The zero-order chi connectivity index (χ0) is 15.0. The van der Waals surface area contributed by atoms with Crippen LogP contribution in [0.4, 0.5) is 8.78 Å². The molecule has 0 radical (unpaired) electrons. The third-order valence-electron chi connectivity index (χ3n) is 2.90. The SMILES string of the molecule is Fc1ccc(F)c(-n2c(-c3cccc(Cl)c3)n[nH]c2=S)c1. The van der Waals surface area contributed by atoms with Crippen molar-refractivity contribution in [3.63, 3.8) is 0 Å². The monoisotopic (exact) mass is 323 g/mol. The van der Waals surface area contributed by atoms with Crippen LogP contribution < -0.4 is 0 Å². The molecule has 1 aromatic heterocycles. The van der Waals surface area contributed by atoms with Gasteiger partial charge in [0.15, 0.2) is 10.6 Å². The average molecular weight is 324 g/mol. The van der Waals surface area contributed by atoms with Crippen molar-refractivity contribution in [1.82, 2.24) is 14.8 Å². The number of hydrogen-bond acceptors (Lipinski definition) is 2. The van der Waals surface area contributed by atoms with E-state index in [1.165, 1.54) is 4.57 Å². The van der Waals surface area contributed by atoms with Gasteiger partial charge in [-0.15, -0.1) is 0 Å². The summed E-state index contributed by atoms with van der Waals surface area (Å²) in [4.78, 5) is 0. The fourth-order valence-electron chi connectivity index (χ4n) is 2.00. The topological polar surface area (TPSA) is 33.6 Å². The summed E-state index contributed by atoms with van der Waals surface area (Å²) in [6.45, 7) is 0. The average Bonchev–Trinajstić information content (AvgIpc) is 2.83. The molecule has 106 valence electrons. The molecular weight excluding hydrogens is 316 g/mol. The number of nitrogens with one attached hydrogen (secondary N) is 1. The molecule has 0 saturated heterocycles. The maximum atomic E-state index is 14.0. The van der Waals surface area contributed by atoms with Gasteiger partial charge in [0, 0.05) is 16.7 Å². The summed E-state index contributed by atoms with van der Waals surface area (Å²) in [5, 5.41) is 7.16. The minimum absolute atomic E-state index is 0.0104. The third-order valence-corrected chi connectivity index (χ3v) is 3.41. The molecule has 3 rings (SSSR count). The summed E-state index contributed by atoms with van der Waals surface area (Å²) < 4.78 is 28.9. The standard InChI is InChI=1S/C14H8ClF2N3S/c15-9-3-1-2-8(6-9)13-18-19-14(21)20(13)12-7-10(16)4-5-11(12)17/h1-7H,(H,19,21). The minimum Gasteiger partial charge on any atom is -0.265 e. The number of aromatic nitrogens is 3. The van der Waals surface area contributed by atoms with Crippen molar-refractivity contribution in [2.24, 2.45) is 0 Å². The van der Waals surface area contributed by atoms with Crippen LogP contribution in [-0.4, -0.2) is 14.8 Å². The number of nitrogens with zero attached hydrogens (tertiary/aromatic N) is 2. The van der Waals surface area contributed by atoms with Crippen LogP contribution >= 0.6 is 23.8 Å². The Kier molecular flexibility index (Phi) is 3.57. The van der Waals surface area contributed by atoms with Gasteiger partial charge in [0.05, 0.1) is 5.69 Å². The molecule has 21 heavy (non-hydrogen) atoms. The molecule has 7 heteroatoms. The Morgan fingerprint density at radius 3 is 2.71 bits per heavy atom. The van der Waals surface area contributed by atoms with Crippen LogP contribution in [0, 0.1) is 16.4 Å². The van der Waals surface area contributed by atoms with Crippen molar-refractivity contribution < 1.29 is 8.78 Å². The van der Waals surface area contributed by atoms with Gasteiger partial charge < -0.3 is 0 Å². The number of hydrogen-bond donors (Lipinski definition) is 1. The van der Waals surface area contributed by atoms with Gasteiger partial charge in [-0.05, 0) is 36.5 Å². The first kappa shape index (κ1) is 13.9. The molecule has 0 bridgehead atoms. The van der Waals surface area contributed by atoms with Crippen molar-refractivity contribution in [3.8, 4) is 17.1 Å². The summed E-state index contributed by atoms with van der Waals surface area (Å²) in [5.41, 5.74) is 0.627. The molecule has 3 aromatic rings. The molecular formula is C14H8ClF2N3S. The largest absolute Gasteiger partial charge is 0.265 e. The molecule has 3 nitrogen and oxygen atoms in total. The molecule has 0 aliphatic carbocycles. The van der Waals surface area contributed by atoms with Gasteiger partial charge in [0.25, 0.3) is 0 Å². The van der Waals surface area contributed by atoms with Crippen LogP contribution in [0.25, 0.3) is 17.1 Å². The van der Waals surface area contributed by atoms with Crippen LogP contribution in [0.5, 0.6) is 0 Å². The van der Waals surface area contributed by atoms with E-state index >= 15 is 0 Å². The molecule has 0 saturated carbocycles. The van der Waals surface area contributed by atoms with Crippen LogP contribution in [-0.2, 0) is 0 Å². The molecule has 0 amide bonds. The first-order valence-corrected chi connectivity index (χ1v) is 6.73. The summed E-state index contributed by atoms with van der Waals surface area (Å²) in [5.74, 6) is -0.810. The van der Waals surface area contributed by atoms with Gasteiger partial charge in [-0.25, -0.2) is 8.78 Å². The molecule has 0 atom stereocenters. The number of benzene rings is 2. The molecule has 0 aliphatic rings. The number of H-pyrrole nitrogens is 1. The van der Waals surface area contributed by atoms with Crippen molar-refractivity contribution >= 4 is 23.8 Å². The van der Waals surface area contributed by atoms with Crippen LogP contribution in [0.15, 0.2) is 42.5 Å². The van der Waals surface area contributed by atoms with E-state index in [2.05, 4.69) is 10.2 Å². The number of rotatable bonds is 2. The van der Waals surface area contributed by atoms with Gasteiger partial charge in [0.1, 0.15) is 11.6 Å². The summed E-state index contributed by atoms with van der Waals surface area (Å²) in [6, 6.07) is 10.0. The number of aromatic amines is 1. The Balaban J connectivity index is 2.27. The van der Waals surface area contributed by atoms with E-state index in [4.69, 9.17) is 23.8 Å². The lowest BCUT2D eigenvalue weighted by molar-refractivity contribution is 0.592. The van der Waals surface area contributed by atoms with E-state index < -0.39 is 11.6 Å². The normalized spacial score (nSPS) is 10.8. The zero-order valence-corrected chi connectivity index (χ0v) is 12.1. The first-order valence-electron chi connectivity index (χ1n) is 5.95. The van der Waals surface area contributed by atoms with E-state index in [1.807, 2.05) is 0 Å². The number of halogens is 3. The molecule has 1 heterocycles.